The molecule has 1 aliphatic rings. The molecule has 13 heavy (non-hydrogen) atoms. The van der Waals surface area contributed by atoms with Gasteiger partial charge in [0.25, 0.3) is 0 Å². The van der Waals surface area contributed by atoms with Crippen LogP contribution in [-0.2, 0) is 9.47 Å². The van der Waals surface area contributed by atoms with Gasteiger partial charge >= 0.3 is 0 Å². The van der Waals surface area contributed by atoms with Crippen LogP contribution < -0.4 is 5.73 Å². The van der Waals surface area contributed by atoms with Crippen LogP contribution in [0.3, 0.4) is 0 Å². The van der Waals surface area contributed by atoms with Crippen LogP contribution in [0.5, 0.6) is 0 Å². The Hall–Kier alpha value is -0.120. The maximum absolute atomic E-state index is 5.73. The SMILES string of the molecule is COC1(CN)CCOC(C(C)C)C1. The highest BCUT2D eigenvalue weighted by atomic mass is 16.5. The second-order valence-electron chi connectivity index (χ2n) is 4.20. The predicted molar refractivity (Wildman–Crippen MR) is 52.6 cm³/mol. The lowest BCUT2D eigenvalue weighted by Gasteiger charge is -2.40. The van der Waals surface area contributed by atoms with Crippen LogP contribution in [0.25, 0.3) is 0 Å². The van der Waals surface area contributed by atoms with Gasteiger partial charge in [0, 0.05) is 33.1 Å². The molecule has 0 aromatic rings. The molecular formula is C10H21NO2. The summed E-state index contributed by atoms with van der Waals surface area (Å²) in [4.78, 5) is 0. The van der Waals surface area contributed by atoms with Crippen molar-refractivity contribution in [1.29, 1.82) is 0 Å². The lowest BCUT2D eigenvalue weighted by molar-refractivity contribution is -0.129. The second-order valence-corrected chi connectivity index (χ2v) is 4.20. The van der Waals surface area contributed by atoms with E-state index in [-0.39, 0.29) is 5.60 Å². The molecule has 1 heterocycles. The van der Waals surface area contributed by atoms with Gasteiger partial charge < -0.3 is 15.2 Å². The number of hydrogen-bond donors (Lipinski definition) is 1. The van der Waals surface area contributed by atoms with Crippen molar-refractivity contribution in [3.63, 3.8) is 0 Å². The summed E-state index contributed by atoms with van der Waals surface area (Å²) in [5, 5.41) is 0. The fourth-order valence-corrected chi connectivity index (χ4v) is 1.81. The Morgan fingerprint density at radius 3 is 2.77 bits per heavy atom. The average Bonchev–Trinajstić information content (AvgIpc) is 2.18. The van der Waals surface area contributed by atoms with Gasteiger partial charge in [-0.1, -0.05) is 13.8 Å². The first-order chi connectivity index (χ1) is 6.13. The van der Waals surface area contributed by atoms with Crippen LogP contribution in [0.1, 0.15) is 26.7 Å². The van der Waals surface area contributed by atoms with E-state index in [0.29, 0.717) is 18.6 Å². The van der Waals surface area contributed by atoms with Crippen LogP contribution in [0, 0.1) is 5.92 Å². The summed E-state index contributed by atoms with van der Waals surface area (Å²) in [6.45, 7) is 5.71. The normalized spacial score (nSPS) is 35.3. The molecule has 1 aliphatic heterocycles. The zero-order valence-electron chi connectivity index (χ0n) is 8.88. The maximum atomic E-state index is 5.73. The minimum atomic E-state index is -0.132. The van der Waals surface area contributed by atoms with Gasteiger partial charge in [-0.25, -0.2) is 0 Å². The zero-order chi connectivity index (χ0) is 9.90. The van der Waals surface area contributed by atoms with Crippen LogP contribution >= 0.6 is 0 Å². The quantitative estimate of drug-likeness (QED) is 0.721. The van der Waals surface area contributed by atoms with E-state index in [9.17, 15) is 0 Å². The molecule has 78 valence electrons. The van der Waals surface area contributed by atoms with Crippen molar-refractivity contribution in [3.05, 3.63) is 0 Å². The fourth-order valence-electron chi connectivity index (χ4n) is 1.81. The molecule has 1 fully saturated rings. The molecule has 3 heteroatoms. The monoisotopic (exact) mass is 187 g/mol. The molecule has 0 saturated carbocycles. The number of nitrogens with two attached hydrogens (primary N) is 1. The van der Waals surface area contributed by atoms with E-state index in [1.807, 2.05) is 0 Å². The first-order valence-corrected chi connectivity index (χ1v) is 5.00. The van der Waals surface area contributed by atoms with Crippen molar-refractivity contribution < 1.29 is 9.47 Å². The Bertz CT molecular complexity index is 155. The standard InChI is InChI=1S/C10H21NO2/c1-8(2)9-6-10(7-11,12-3)4-5-13-9/h8-9H,4-7,11H2,1-3H3. The summed E-state index contributed by atoms with van der Waals surface area (Å²) < 4.78 is 11.2. The van der Waals surface area contributed by atoms with Gasteiger partial charge in [0.1, 0.15) is 0 Å². The molecule has 0 aromatic heterocycles. The summed E-state index contributed by atoms with van der Waals surface area (Å²) in [6, 6.07) is 0. The summed E-state index contributed by atoms with van der Waals surface area (Å²) in [5.41, 5.74) is 5.60. The van der Waals surface area contributed by atoms with Gasteiger partial charge in [0.15, 0.2) is 0 Å². The highest BCUT2D eigenvalue weighted by Gasteiger charge is 2.36. The van der Waals surface area contributed by atoms with Gasteiger partial charge in [-0.05, 0) is 5.92 Å². The zero-order valence-corrected chi connectivity index (χ0v) is 8.88. The largest absolute Gasteiger partial charge is 0.378 e. The van der Waals surface area contributed by atoms with E-state index >= 15 is 0 Å². The van der Waals surface area contributed by atoms with E-state index in [1.54, 1.807) is 7.11 Å². The Morgan fingerprint density at radius 2 is 2.31 bits per heavy atom. The molecule has 2 N–H and O–H groups in total. The maximum Gasteiger partial charge on any atom is 0.0847 e. The minimum absolute atomic E-state index is 0.132. The molecule has 3 nitrogen and oxygen atoms in total. The van der Waals surface area contributed by atoms with Gasteiger partial charge in [-0.2, -0.15) is 0 Å². The molecule has 0 amide bonds. The highest BCUT2D eigenvalue weighted by molar-refractivity contribution is 4.89. The Balaban J connectivity index is 2.58. The van der Waals surface area contributed by atoms with Gasteiger partial charge in [0.05, 0.1) is 11.7 Å². The van der Waals surface area contributed by atoms with Gasteiger partial charge in [-0.3, -0.25) is 0 Å². The summed E-state index contributed by atoms with van der Waals surface area (Å²) in [6.07, 6.45) is 2.15. The molecule has 1 saturated heterocycles. The topological polar surface area (TPSA) is 44.5 Å². The first kappa shape index (κ1) is 11.0. The van der Waals surface area contributed by atoms with Crippen molar-refractivity contribution in [3.8, 4) is 0 Å². The molecule has 0 aromatic carbocycles. The van der Waals surface area contributed by atoms with Crippen LogP contribution in [-0.4, -0.2) is 32.0 Å². The predicted octanol–water partition coefficient (Wildman–Crippen LogP) is 1.17. The van der Waals surface area contributed by atoms with Crippen molar-refractivity contribution >= 4 is 0 Å². The van der Waals surface area contributed by atoms with Crippen molar-refractivity contribution in [2.45, 2.75) is 38.4 Å². The lowest BCUT2D eigenvalue weighted by atomic mass is 9.86. The minimum Gasteiger partial charge on any atom is -0.378 e. The molecule has 0 spiro atoms. The Morgan fingerprint density at radius 1 is 1.62 bits per heavy atom. The average molecular weight is 187 g/mol. The molecule has 1 rings (SSSR count). The molecule has 2 unspecified atom stereocenters. The molecule has 0 radical (unpaired) electrons. The third-order valence-corrected chi connectivity index (χ3v) is 3.01. The lowest BCUT2D eigenvalue weighted by Crippen LogP contribution is -2.49. The van der Waals surface area contributed by atoms with E-state index in [2.05, 4.69) is 13.8 Å². The Kier molecular flexibility index (Phi) is 3.71. The van der Waals surface area contributed by atoms with Crippen molar-refractivity contribution in [2.24, 2.45) is 11.7 Å². The number of hydrogen-bond acceptors (Lipinski definition) is 3. The van der Waals surface area contributed by atoms with Crippen LogP contribution in [0.2, 0.25) is 0 Å². The first-order valence-electron chi connectivity index (χ1n) is 5.00. The summed E-state index contributed by atoms with van der Waals surface area (Å²) in [7, 11) is 1.75. The van der Waals surface area contributed by atoms with Gasteiger partial charge in [0.2, 0.25) is 0 Å². The van der Waals surface area contributed by atoms with E-state index in [0.717, 1.165) is 19.4 Å². The second kappa shape index (κ2) is 4.40. The molecule has 0 bridgehead atoms. The fraction of sp³-hybridized carbons (Fsp3) is 1.00. The summed E-state index contributed by atoms with van der Waals surface area (Å²) >= 11 is 0. The molecule has 0 aliphatic carbocycles. The molecule has 2 atom stereocenters. The van der Waals surface area contributed by atoms with Crippen LogP contribution in [0.4, 0.5) is 0 Å². The van der Waals surface area contributed by atoms with E-state index in [4.69, 9.17) is 15.2 Å². The number of rotatable bonds is 3. The van der Waals surface area contributed by atoms with Crippen molar-refractivity contribution in [2.75, 3.05) is 20.3 Å². The van der Waals surface area contributed by atoms with E-state index in [1.165, 1.54) is 0 Å². The number of ether oxygens (including phenoxy) is 2. The number of methoxy groups -OCH3 is 1. The third-order valence-electron chi connectivity index (χ3n) is 3.01. The summed E-state index contributed by atoms with van der Waals surface area (Å²) in [5.74, 6) is 0.543. The Labute approximate surface area is 80.6 Å². The van der Waals surface area contributed by atoms with Gasteiger partial charge in [-0.15, -0.1) is 0 Å². The van der Waals surface area contributed by atoms with Crippen LogP contribution in [0.15, 0.2) is 0 Å². The third kappa shape index (κ3) is 2.42. The van der Waals surface area contributed by atoms with E-state index < -0.39 is 0 Å². The smallest absolute Gasteiger partial charge is 0.0847 e. The molecular weight excluding hydrogens is 166 g/mol. The highest BCUT2D eigenvalue weighted by Crippen LogP contribution is 2.30. The van der Waals surface area contributed by atoms with Crippen molar-refractivity contribution in [1.82, 2.24) is 0 Å².